The van der Waals surface area contributed by atoms with E-state index < -0.39 is 0 Å². The van der Waals surface area contributed by atoms with Gasteiger partial charge in [0, 0.05) is 44.3 Å². The Balaban J connectivity index is 1.99. The van der Waals surface area contributed by atoms with Gasteiger partial charge in [-0.05, 0) is 37.5 Å². The van der Waals surface area contributed by atoms with E-state index >= 15 is 0 Å². The Morgan fingerprint density at radius 3 is 2.52 bits per heavy atom. The molecule has 0 aromatic heterocycles. The summed E-state index contributed by atoms with van der Waals surface area (Å²) in [5, 5.41) is 9.66. The fourth-order valence-electron chi connectivity index (χ4n) is 3.48. The number of carbonyl (C=O) groups is 1. The predicted molar refractivity (Wildman–Crippen MR) is 118 cm³/mol. The molecule has 0 radical (unpaired) electrons. The van der Waals surface area contributed by atoms with Crippen molar-refractivity contribution in [1.82, 2.24) is 20.9 Å². The molecule has 0 spiro atoms. The maximum absolute atomic E-state index is 12.0. The third kappa shape index (κ3) is 7.66. The van der Waals surface area contributed by atoms with Crippen LogP contribution in [-0.2, 0) is 11.3 Å². The Labute approximate surface area is 175 Å². The van der Waals surface area contributed by atoms with E-state index in [1.165, 1.54) is 0 Å². The second-order valence-electron chi connectivity index (χ2n) is 7.60. The van der Waals surface area contributed by atoms with Gasteiger partial charge >= 0.3 is 0 Å². The monoisotopic (exact) mass is 403 g/mol. The second-order valence-corrected chi connectivity index (χ2v) is 7.60. The molecule has 7 heteroatoms. The molecule has 1 aliphatic heterocycles. The van der Waals surface area contributed by atoms with Gasteiger partial charge in [-0.2, -0.15) is 0 Å². The normalized spacial score (nSPS) is 16.5. The number of benzene rings is 1. The highest BCUT2D eigenvalue weighted by atomic mass is 16.5. The number of hydrogen-bond acceptors (Lipinski definition) is 4. The summed E-state index contributed by atoms with van der Waals surface area (Å²) in [7, 11) is 0. The van der Waals surface area contributed by atoms with Crippen LogP contribution in [0.5, 0.6) is 0 Å². The minimum Gasteiger partial charge on any atom is -0.379 e. The summed E-state index contributed by atoms with van der Waals surface area (Å²) in [5.41, 5.74) is 1.68. The maximum atomic E-state index is 12.0. The van der Waals surface area contributed by atoms with Gasteiger partial charge in [0.05, 0.1) is 19.8 Å². The SMILES string of the molecule is CCNC(=O)c1cccc(CN=C(NCC)NCC(C(C)C)N2CCOCC2)c1. The van der Waals surface area contributed by atoms with E-state index in [-0.39, 0.29) is 5.91 Å². The molecule has 162 valence electrons. The van der Waals surface area contributed by atoms with E-state index in [1.807, 2.05) is 31.2 Å². The molecule has 1 atom stereocenters. The van der Waals surface area contributed by atoms with Crippen LogP contribution in [0.25, 0.3) is 0 Å². The first-order chi connectivity index (χ1) is 14.0. The predicted octanol–water partition coefficient (Wildman–Crippen LogP) is 1.85. The lowest BCUT2D eigenvalue weighted by atomic mass is 10.0. The number of nitrogens with one attached hydrogen (secondary N) is 3. The molecule has 1 saturated heterocycles. The van der Waals surface area contributed by atoms with Gasteiger partial charge in [-0.1, -0.05) is 26.0 Å². The molecule has 1 aromatic carbocycles. The molecule has 0 bridgehead atoms. The van der Waals surface area contributed by atoms with Crippen molar-refractivity contribution in [1.29, 1.82) is 0 Å². The van der Waals surface area contributed by atoms with Crippen LogP contribution >= 0.6 is 0 Å². The quantitative estimate of drug-likeness (QED) is 0.433. The molecule has 7 nitrogen and oxygen atoms in total. The lowest BCUT2D eigenvalue weighted by Crippen LogP contribution is -2.52. The van der Waals surface area contributed by atoms with E-state index in [2.05, 4.69) is 41.6 Å². The van der Waals surface area contributed by atoms with Gasteiger partial charge in [-0.25, -0.2) is 4.99 Å². The van der Waals surface area contributed by atoms with E-state index in [0.29, 0.717) is 30.6 Å². The number of hydrogen-bond donors (Lipinski definition) is 3. The van der Waals surface area contributed by atoms with Crippen LogP contribution in [0.1, 0.15) is 43.6 Å². The van der Waals surface area contributed by atoms with Gasteiger partial charge in [0.2, 0.25) is 0 Å². The molecular formula is C22H37N5O2. The molecule has 1 aromatic rings. The van der Waals surface area contributed by atoms with Crippen molar-refractivity contribution in [2.24, 2.45) is 10.9 Å². The largest absolute Gasteiger partial charge is 0.379 e. The van der Waals surface area contributed by atoms with Crippen molar-refractivity contribution >= 4 is 11.9 Å². The summed E-state index contributed by atoms with van der Waals surface area (Å²) in [6.45, 7) is 14.8. The summed E-state index contributed by atoms with van der Waals surface area (Å²) in [6, 6.07) is 8.08. The molecule has 2 rings (SSSR count). The zero-order valence-corrected chi connectivity index (χ0v) is 18.3. The molecule has 0 saturated carbocycles. The standard InChI is InChI=1S/C22H37N5O2/c1-5-23-21(28)19-9-7-8-18(14-19)15-25-22(24-6-2)26-16-20(17(3)4)27-10-12-29-13-11-27/h7-9,14,17,20H,5-6,10-13,15-16H2,1-4H3,(H,23,28)(H2,24,25,26). The van der Waals surface area contributed by atoms with Crippen LogP contribution in [0.15, 0.2) is 29.3 Å². The zero-order valence-electron chi connectivity index (χ0n) is 18.3. The number of morpholine rings is 1. The highest BCUT2D eigenvalue weighted by Gasteiger charge is 2.23. The Kier molecular flexibility index (Phi) is 9.94. The van der Waals surface area contributed by atoms with Crippen LogP contribution in [0.2, 0.25) is 0 Å². The number of carbonyl (C=O) groups excluding carboxylic acids is 1. The summed E-state index contributed by atoms with van der Waals surface area (Å²) in [5.74, 6) is 1.29. The molecule has 1 heterocycles. The van der Waals surface area contributed by atoms with Crippen LogP contribution in [0.4, 0.5) is 0 Å². The molecule has 29 heavy (non-hydrogen) atoms. The molecule has 1 unspecified atom stereocenters. The highest BCUT2D eigenvalue weighted by Crippen LogP contribution is 2.12. The third-order valence-electron chi connectivity index (χ3n) is 5.05. The zero-order chi connectivity index (χ0) is 21.1. The highest BCUT2D eigenvalue weighted by molar-refractivity contribution is 5.94. The number of rotatable bonds is 9. The van der Waals surface area contributed by atoms with Gasteiger partial charge < -0.3 is 20.7 Å². The average molecular weight is 404 g/mol. The first-order valence-corrected chi connectivity index (χ1v) is 10.8. The molecule has 1 fully saturated rings. The Morgan fingerprint density at radius 1 is 1.14 bits per heavy atom. The topological polar surface area (TPSA) is 78.0 Å². The van der Waals surface area contributed by atoms with E-state index in [4.69, 9.17) is 9.73 Å². The Bertz CT molecular complexity index is 656. The van der Waals surface area contributed by atoms with Crippen LogP contribution in [0, 0.1) is 5.92 Å². The van der Waals surface area contributed by atoms with Gasteiger partial charge in [0.15, 0.2) is 5.96 Å². The van der Waals surface area contributed by atoms with E-state index in [9.17, 15) is 4.79 Å². The number of guanidine groups is 1. The summed E-state index contributed by atoms with van der Waals surface area (Å²) in [4.78, 5) is 19.3. The lowest BCUT2D eigenvalue weighted by Gasteiger charge is -2.37. The van der Waals surface area contributed by atoms with Crippen LogP contribution in [-0.4, -0.2) is 68.7 Å². The molecular weight excluding hydrogens is 366 g/mol. The van der Waals surface area contributed by atoms with Crippen molar-refractivity contribution in [3.8, 4) is 0 Å². The summed E-state index contributed by atoms with van der Waals surface area (Å²) in [6.07, 6.45) is 0. The van der Waals surface area contributed by atoms with Gasteiger partial charge in [0.1, 0.15) is 0 Å². The van der Waals surface area contributed by atoms with Crippen molar-refractivity contribution in [3.05, 3.63) is 35.4 Å². The molecule has 0 aliphatic carbocycles. The first kappa shape index (κ1) is 23.2. The van der Waals surface area contributed by atoms with Crippen molar-refractivity contribution in [2.75, 3.05) is 45.9 Å². The average Bonchev–Trinajstić information content (AvgIpc) is 2.73. The van der Waals surface area contributed by atoms with E-state index in [0.717, 1.165) is 50.9 Å². The smallest absolute Gasteiger partial charge is 0.251 e. The number of aliphatic imine (C=N–C) groups is 1. The summed E-state index contributed by atoms with van der Waals surface area (Å²) < 4.78 is 5.50. The van der Waals surface area contributed by atoms with Crippen LogP contribution < -0.4 is 16.0 Å². The molecule has 1 aliphatic rings. The Morgan fingerprint density at radius 2 is 1.86 bits per heavy atom. The number of ether oxygens (including phenoxy) is 1. The second kappa shape index (κ2) is 12.4. The molecule has 3 N–H and O–H groups in total. The number of nitrogens with zero attached hydrogens (tertiary/aromatic N) is 2. The van der Waals surface area contributed by atoms with Crippen molar-refractivity contribution < 1.29 is 9.53 Å². The van der Waals surface area contributed by atoms with Gasteiger partial charge in [0.25, 0.3) is 5.91 Å². The minimum atomic E-state index is -0.0475. The molecule has 1 amide bonds. The van der Waals surface area contributed by atoms with Crippen molar-refractivity contribution in [2.45, 2.75) is 40.3 Å². The fourth-order valence-corrected chi connectivity index (χ4v) is 3.48. The van der Waals surface area contributed by atoms with Gasteiger partial charge in [-0.15, -0.1) is 0 Å². The summed E-state index contributed by atoms with van der Waals surface area (Å²) >= 11 is 0. The Hall–Kier alpha value is -2.12. The maximum Gasteiger partial charge on any atom is 0.251 e. The van der Waals surface area contributed by atoms with E-state index in [1.54, 1.807) is 0 Å². The lowest BCUT2D eigenvalue weighted by molar-refractivity contribution is 0.00752. The number of amides is 1. The van der Waals surface area contributed by atoms with Gasteiger partial charge in [-0.3, -0.25) is 9.69 Å². The van der Waals surface area contributed by atoms with Crippen molar-refractivity contribution in [3.63, 3.8) is 0 Å². The third-order valence-corrected chi connectivity index (χ3v) is 5.05. The minimum absolute atomic E-state index is 0.0475. The first-order valence-electron chi connectivity index (χ1n) is 10.8. The van der Waals surface area contributed by atoms with Crippen LogP contribution in [0.3, 0.4) is 0 Å². The fraction of sp³-hybridized carbons (Fsp3) is 0.636.